The summed E-state index contributed by atoms with van der Waals surface area (Å²) < 4.78 is 46.0. The average molecular weight is 438 g/mol. The van der Waals surface area contributed by atoms with Crippen LogP contribution in [-0.2, 0) is 10.9 Å². The molecule has 2 aromatic heterocycles. The lowest BCUT2D eigenvalue weighted by Crippen LogP contribution is -2.46. The van der Waals surface area contributed by atoms with Crippen LogP contribution in [0.2, 0.25) is 0 Å². The van der Waals surface area contributed by atoms with Gasteiger partial charge < -0.3 is 4.74 Å². The molecule has 170 valence electrons. The van der Waals surface area contributed by atoms with Crippen molar-refractivity contribution in [1.29, 1.82) is 0 Å². The Bertz CT molecular complexity index is 882. The molecule has 0 N–H and O–H groups in total. The molecule has 2 fully saturated rings. The normalized spacial score (nSPS) is 25.5. The molecule has 0 bridgehead atoms. The number of morpholine rings is 1. The second-order valence-electron chi connectivity index (χ2n) is 8.68. The van der Waals surface area contributed by atoms with E-state index in [1.54, 1.807) is 0 Å². The molecule has 31 heavy (non-hydrogen) atoms. The fourth-order valence-corrected chi connectivity index (χ4v) is 4.55. The predicted octanol–water partition coefficient (Wildman–Crippen LogP) is 4.08. The van der Waals surface area contributed by atoms with Crippen LogP contribution in [0.1, 0.15) is 70.1 Å². The van der Waals surface area contributed by atoms with Crippen LogP contribution in [0.5, 0.6) is 0 Å². The number of hydrogen-bond acceptors (Lipinski definition) is 6. The Morgan fingerprint density at radius 2 is 1.94 bits per heavy atom. The summed E-state index contributed by atoms with van der Waals surface area (Å²) in [5.74, 6) is 0.382. The van der Waals surface area contributed by atoms with Gasteiger partial charge in [0.2, 0.25) is 5.82 Å². The van der Waals surface area contributed by atoms with Crippen LogP contribution >= 0.6 is 0 Å². The lowest BCUT2D eigenvalue weighted by molar-refractivity contribution is -0.144. The smallest absolute Gasteiger partial charge is 0.376 e. The number of halogens is 3. The number of aromatic nitrogens is 5. The highest BCUT2D eigenvalue weighted by Crippen LogP contribution is 2.38. The third kappa shape index (κ3) is 4.74. The Morgan fingerprint density at radius 3 is 2.58 bits per heavy atom. The Hall–Kier alpha value is -2.07. The second kappa shape index (κ2) is 8.82. The van der Waals surface area contributed by atoms with Gasteiger partial charge in [-0.25, -0.2) is 19.6 Å². The maximum absolute atomic E-state index is 12.8. The van der Waals surface area contributed by atoms with E-state index in [0.29, 0.717) is 23.5 Å². The van der Waals surface area contributed by atoms with Crippen molar-refractivity contribution in [2.75, 3.05) is 19.7 Å². The summed E-state index contributed by atoms with van der Waals surface area (Å²) >= 11 is 0. The summed E-state index contributed by atoms with van der Waals surface area (Å²) in [6, 6.07) is 0.594. The van der Waals surface area contributed by atoms with E-state index in [0.717, 1.165) is 63.6 Å². The molecule has 0 aromatic carbocycles. The molecule has 3 heterocycles. The molecule has 2 aromatic rings. The average Bonchev–Trinajstić information content (AvgIpc) is 3.41. The van der Waals surface area contributed by atoms with Crippen LogP contribution in [0.15, 0.2) is 12.4 Å². The van der Waals surface area contributed by atoms with Crippen molar-refractivity contribution in [2.45, 2.75) is 76.7 Å². The molecule has 3 atom stereocenters. The van der Waals surface area contributed by atoms with E-state index in [1.165, 1.54) is 0 Å². The largest absolute Gasteiger partial charge is 0.451 e. The Kier molecular flexibility index (Phi) is 6.30. The number of rotatable bonds is 5. The molecular weight excluding hydrogens is 409 g/mol. The maximum Gasteiger partial charge on any atom is 0.451 e. The maximum atomic E-state index is 12.8. The van der Waals surface area contributed by atoms with Gasteiger partial charge in [0, 0.05) is 43.5 Å². The highest BCUT2D eigenvalue weighted by atomic mass is 19.4. The summed E-state index contributed by atoms with van der Waals surface area (Å²) in [5.41, 5.74) is 0.391. The fraction of sp³-hybridized carbons (Fsp3) is 0.714. The Morgan fingerprint density at radius 1 is 1.19 bits per heavy atom. The monoisotopic (exact) mass is 438 g/mol. The third-order valence-corrected chi connectivity index (χ3v) is 6.22. The van der Waals surface area contributed by atoms with E-state index >= 15 is 0 Å². The number of ether oxygens (including phenoxy) is 1. The van der Waals surface area contributed by atoms with Crippen molar-refractivity contribution in [1.82, 2.24) is 29.6 Å². The van der Waals surface area contributed by atoms with Gasteiger partial charge >= 0.3 is 6.18 Å². The summed E-state index contributed by atoms with van der Waals surface area (Å²) in [6.07, 6.45) is 2.18. The number of hydrogen-bond donors (Lipinski definition) is 0. The summed E-state index contributed by atoms with van der Waals surface area (Å²) in [7, 11) is 0. The summed E-state index contributed by atoms with van der Waals surface area (Å²) in [6.45, 7) is 8.93. The second-order valence-corrected chi connectivity index (χ2v) is 8.68. The highest BCUT2D eigenvalue weighted by Gasteiger charge is 2.36. The molecule has 0 unspecified atom stereocenters. The van der Waals surface area contributed by atoms with Gasteiger partial charge in [-0.05, 0) is 39.5 Å². The first-order valence-corrected chi connectivity index (χ1v) is 11.0. The SMILES string of the molecule is CC[C@@H]1CN([C@@H]2CC[C@@H](c3nc(-c4cnc(C(F)(F)F)nc4)nn3C(C)C)C2)CCO1. The Labute approximate surface area is 180 Å². The molecule has 0 radical (unpaired) electrons. The van der Waals surface area contributed by atoms with Gasteiger partial charge in [0.25, 0.3) is 0 Å². The van der Waals surface area contributed by atoms with Crippen LogP contribution in [-0.4, -0.2) is 61.5 Å². The number of alkyl halides is 3. The van der Waals surface area contributed by atoms with E-state index in [2.05, 4.69) is 26.9 Å². The van der Waals surface area contributed by atoms with Gasteiger partial charge in [0.15, 0.2) is 5.82 Å². The molecule has 0 amide bonds. The summed E-state index contributed by atoms with van der Waals surface area (Å²) in [5, 5.41) is 4.59. The standard InChI is InChI=1S/C21H29F3N6O/c1-4-17-12-29(7-8-31-17)16-6-5-14(9-16)19-27-18(28-30(19)13(2)3)15-10-25-20(26-11-15)21(22,23)24/h10-11,13-14,16-17H,4-9,12H2,1-3H3/t14-,16-,17-/m1/s1. The zero-order valence-corrected chi connectivity index (χ0v) is 18.1. The first-order valence-electron chi connectivity index (χ1n) is 11.0. The van der Waals surface area contributed by atoms with Gasteiger partial charge in [-0.15, -0.1) is 0 Å². The van der Waals surface area contributed by atoms with Crippen LogP contribution in [0, 0.1) is 0 Å². The van der Waals surface area contributed by atoms with E-state index in [4.69, 9.17) is 9.72 Å². The third-order valence-electron chi connectivity index (χ3n) is 6.22. The van der Waals surface area contributed by atoms with Gasteiger partial charge in [-0.2, -0.15) is 18.3 Å². The van der Waals surface area contributed by atoms with Gasteiger partial charge in [-0.1, -0.05) is 6.92 Å². The van der Waals surface area contributed by atoms with Crippen molar-refractivity contribution in [2.24, 2.45) is 0 Å². The molecule has 0 spiro atoms. The van der Waals surface area contributed by atoms with Crippen molar-refractivity contribution in [3.8, 4) is 11.4 Å². The molecule has 1 saturated heterocycles. The molecule has 7 nitrogen and oxygen atoms in total. The lowest BCUT2D eigenvalue weighted by atomic mass is 10.1. The van der Waals surface area contributed by atoms with Crippen molar-refractivity contribution >= 4 is 0 Å². The fourth-order valence-electron chi connectivity index (χ4n) is 4.55. The topological polar surface area (TPSA) is 69.0 Å². The van der Waals surface area contributed by atoms with Crippen LogP contribution in [0.25, 0.3) is 11.4 Å². The van der Waals surface area contributed by atoms with Crippen molar-refractivity contribution in [3.05, 3.63) is 24.0 Å². The zero-order valence-electron chi connectivity index (χ0n) is 18.1. The minimum atomic E-state index is -4.57. The Balaban J connectivity index is 1.53. The highest BCUT2D eigenvalue weighted by molar-refractivity contribution is 5.51. The van der Waals surface area contributed by atoms with Crippen molar-refractivity contribution in [3.63, 3.8) is 0 Å². The molecule has 2 aliphatic rings. The van der Waals surface area contributed by atoms with Crippen LogP contribution in [0.4, 0.5) is 13.2 Å². The van der Waals surface area contributed by atoms with Gasteiger partial charge in [0.1, 0.15) is 5.82 Å². The minimum Gasteiger partial charge on any atom is -0.376 e. The predicted molar refractivity (Wildman–Crippen MR) is 108 cm³/mol. The van der Waals surface area contributed by atoms with Crippen LogP contribution < -0.4 is 0 Å². The quantitative estimate of drug-likeness (QED) is 0.701. The number of nitrogens with zero attached hydrogens (tertiary/aromatic N) is 6. The molecule has 4 rings (SSSR count). The van der Waals surface area contributed by atoms with Crippen molar-refractivity contribution < 1.29 is 17.9 Å². The first-order chi connectivity index (χ1) is 14.8. The van der Waals surface area contributed by atoms with E-state index in [1.807, 2.05) is 18.5 Å². The van der Waals surface area contributed by atoms with E-state index < -0.39 is 12.0 Å². The minimum absolute atomic E-state index is 0.0959. The molecule has 1 saturated carbocycles. The van der Waals surface area contributed by atoms with Gasteiger partial charge in [-0.3, -0.25) is 4.90 Å². The van der Waals surface area contributed by atoms with E-state index in [9.17, 15) is 13.2 Å². The lowest BCUT2D eigenvalue weighted by Gasteiger charge is -2.36. The first kappa shape index (κ1) is 22.1. The van der Waals surface area contributed by atoms with Crippen LogP contribution in [0.3, 0.4) is 0 Å². The van der Waals surface area contributed by atoms with Gasteiger partial charge in [0.05, 0.1) is 18.3 Å². The molecule has 1 aliphatic carbocycles. The molecule has 10 heteroatoms. The summed E-state index contributed by atoms with van der Waals surface area (Å²) in [4.78, 5) is 14.2. The molecular formula is C21H29F3N6O. The van der Waals surface area contributed by atoms with E-state index in [-0.39, 0.29) is 12.0 Å². The zero-order chi connectivity index (χ0) is 22.2. The molecule has 1 aliphatic heterocycles.